The quantitative estimate of drug-likeness (QED) is 0.413. The van der Waals surface area contributed by atoms with Crippen LogP contribution in [0.15, 0.2) is 59.5 Å². The van der Waals surface area contributed by atoms with Gasteiger partial charge in [-0.2, -0.15) is 0 Å². The molecule has 6 nitrogen and oxygen atoms in total. The third kappa shape index (κ3) is 4.86. The van der Waals surface area contributed by atoms with Crippen molar-refractivity contribution in [2.75, 3.05) is 5.75 Å². The van der Waals surface area contributed by atoms with Crippen LogP contribution in [-0.2, 0) is 23.4 Å². The van der Waals surface area contributed by atoms with Crippen LogP contribution in [0.4, 0.5) is 0 Å². The topological polar surface area (TPSA) is 87.7 Å². The zero-order valence-electron chi connectivity index (χ0n) is 18.0. The van der Waals surface area contributed by atoms with E-state index in [-0.39, 0.29) is 23.3 Å². The van der Waals surface area contributed by atoms with Gasteiger partial charge < -0.3 is 10.3 Å². The van der Waals surface area contributed by atoms with E-state index in [9.17, 15) is 9.59 Å². The minimum Gasteiger partial charge on any atom is -0.343 e. The van der Waals surface area contributed by atoms with Gasteiger partial charge >= 0.3 is 0 Å². The second kappa shape index (κ2) is 9.89. The molecule has 2 N–H and O–H groups in total. The van der Waals surface area contributed by atoms with Crippen LogP contribution in [0.1, 0.15) is 46.4 Å². The first-order valence-electron chi connectivity index (χ1n) is 11.1. The molecule has 0 radical (unpaired) electrons. The predicted molar refractivity (Wildman–Crippen MR) is 134 cm³/mol. The van der Waals surface area contributed by atoms with Crippen LogP contribution in [-0.4, -0.2) is 26.6 Å². The van der Waals surface area contributed by atoms with Gasteiger partial charge in [-0.05, 0) is 48.9 Å². The van der Waals surface area contributed by atoms with Gasteiger partial charge in [0.1, 0.15) is 10.7 Å². The van der Waals surface area contributed by atoms with Crippen molar-refractivity contribution in [3.63, 3.8) is 0 Å². The normalized spacial score (nSPS) is 14.1. The van der Waals surface area contributed by atoms with Crippen LogP contribution >= 0.6 is 23.1 Å². The SMILES string of the molecule is O=C(CSCc1nc2sc3c(c2c(=O)[nH]1)CCCC3)NC(c1ccccc1)c1ccccn1. The highest BCUT2D eigenvalue weighted by Crippen LogP contribution is 2.33. The fourth-order valence-corrected chi connectivity index (χ4v) is 6.22. The number of rotatable bonds is 7. The lowest BCUT2D eigenvalue weighted by molar-refractivity contribution is -0.119. The standard InChI is InChI=1S/C25H24N4O2S2/c30-21(29-23(16-8-2-1-3-9-16)18-11-6-7-13-26-18)15-32-14-20-27-24(31)22-17-10-4-5-12-19(17)33-25(22)28-20/h1-3,6-9,11,13,23H,4-5,10,12,14-15H2,(H,29,30)(H,27,28,31). The first-order chi connectivity index (χ1) is 16.2. The smallest absolute Gasteiger partial charge is 0.259 e. The van der Waals surface area contributed by atoms with Gasteiger partial charge in [0.15, 0.2) is 0 Å². The number of amides is 1. The van der Waals surface area contributed by atoms with E-state index in [0.717, 1.165) is 40.7 Å². The highest BCUT2D eigenvalue weighted by molar-refractivity contribution is 7.99. The molecule has 0 spiro atoms. The first kappa shape index (κ1) is 21.9. The molecule has 1 amide bonds. The number of nitrogens with one attached hydrogen (secondary N) is 2. The summed E-state index contributed by atoms with van der Waals surface area (Å²) < 4.78 is 0. The molecule has 168 valence electrons. The number of hydrogen-bond acceptors (Lipinski definition) is 6. The summed E-state index contributed by atoms with van der Waals surface area (Å²) in [6.45, 7) is 0. The molecule has 8 heteroatoms. The Kier molecular flexibility index (Phi) is 6.55. The summed E-state index contributed by atoms with van der Waals surface area (Å²) in [5.41, 5.74) is 2.90. The van der Waals surface area contributed by atoms with Crippen LogP contribution in [0.5, 0.6) is 0 Å². The van der Waals surface area contributed by atoms with Gasteiger partial charge in [0, 0.05) is 11.1 Å². The Balaban J connectivity index is 1.25. The molecule has 4 aromatic rings. The molecule has 3 aromatic heterocycles. The molecule has 1 aliphatic rings. The maximum atomic E-state index is 12.8. The number of thiophene rings is 1. The number of pyridine rings is 1. The Morgan fingerprint density at radius 1 is 1.12 bits per heavy atom. The number of H-pyrrole nitrogens is 1. The Hall–Kier alpha value is -2.97. The molecule has 0 aliphatic heterocycles. The van der Waals surface area contributed by atoms with Gasteiger partial charge in [-0.3, -0.25) is 14.6 Å². The molecule has 1 aromatic carbocycles. The van der Waals surface area contributed by atoms with E-state index in [1.807, 2.05) is 48.5 Å². The fourth-order valence-electron chi connectivity index (χ4n) is 4.24. The number of thioether (sulfide) groups is 1. The van der Waals surface area contributed by atoms with E-state index >= 15 is 0 Å². The van der Waals surface area contributed by atoms with E-state index in [4.69, 9.17) is 4.98 Å². The number of fused-ring (bicyclic) bond motifs is 3. The number of hydrogen-bond donors (Lipinski definition) is 2. The van der Waals surface area contributed by atoms with Crippen LogP contribution in [0, 0.1) is 0 Å². The Labute approximate surface area is 199 Å². The number of aromatic amines is 1. The average Bonchev–Trinajstić information content (AvgIpc) is 3.22. The van der Waals surface area contributed by atoms with E-state index in [0.29, 0.717) is 11.6 Å². The Morgan fingerprint density at radius 2 is 1.94 bits per heavy atom. The monoisotopic (exact) mass is 476 g/mol. The minimum atomic E-state index is -0.313. The van der Waals surface area contributed by atoms with Gasteiger partial charge in [0.2, 0.25) is 5.91 Å². The average molecular weight is 477 g/mol. The van der Waals surface area contributed by atoms with E-state index in [2.05, 4.69) is 15.3 Å². The van der Waals surface area contributed by atoms with Gasteiger partial charge in [-0.25, -0.2) is 4.98 Å². The minimum absolute atomic E-state index is 0.0567. The predicted octanol–water partition coefficient (Wildman–Crippen LogP) is 4.40. The van der Waals surface area contributed by atoms with Crippen molar-refractivity contribution in [1.82, 2.24) is 20.3 Å². The second-order valence-corrected chi connectivity index (χ2v) is 10.1. The van der Waals surface area contributed by atoms with E-state index in [1.165, 1.54) is 28.6 Å². The Bertz CT molecular complexity index is 1280. The van der Waals surface area contributed by atoms with Gasteiger partial charge in [0.05, 0.1) is 28.6 Å². The number of aryl methyl sites for hydroxylation is 2. The number of nitrogens with zero attached hydrogens (tertiary/aromatic N) is 2. The molecule has 1 atom stereocenters. The molecular weight excluding hydrogens is 452 g/mol. The molecule has 5 rings (SSSR count). The molecule has 0 fully saturated rings. The van der Waals surface area contributed by atoms with Gasteiger partial charge in [0.25, 0.3) is 5.56 Å². The van der Waals surface area contributed by atoms with Gasteiger partial charge in [-0.1, -0.05) is 36.4 Å². The summed E-state index contributed by atoms with van der Waals surface area (Å²) in [7, 11) is 0. The summed E-state index contributed by atoms with van der Waals surface area (Å²) in [4.78, 5) is 39.6. The third-order valence-electron chi connectivity index (χ3n) is 5.77. The lowest BCUT2D eigenvalue weighted by Crippen LogP contribution is -2.31. The summed E-state index contributed by atoms with van der Waals surface area (Å²) in [5.74, 6) is 1.27. The number of carbonyl (C=O) groups excluding carboxylic acids is 1. The Morgan fingerprint density at radius 3 is 2.76 bits per heavy atom. The van der Waals surface area contributed by atoms with Crippen molar-refractivity contribution < 1.29 is 4.79 Å². The maximum absolute atomic E-state index is 12.8. The third-order valence-corrected chi connectivity index (χ3v) is 7.90. The zero-order valence-corrected chi connectivity index (χ0v) is 19.7. The van der Waals surface area contributed by atoms with E-state index < -0.39 is 0 Å². The van der Waals surface area contributed by atoms with Crippen LogP contribution in [0.2, 0.25) is 0 Å². The van der Waals surface area contributed by atoms with Gasteiger partial charge in [-0.15, -0.1) is 23.1 Å². The summed E-state index contributed by atoms with van der Waals surface area (Å²) >= 11 is 3.08. The van der Waals surface area contributed by atoms with Crippen molar-refractivity contribution in [3.05, 3.63) is 92.6 Å². The summed E-state index contributed by atoms with van der Waals surface area (Å²) in [6, 6.07) is 15.2. The molecule has 1 unspecified atom stereocenters. The molecule has 33 heavy (non-hydrogen) atoms. The van der Waals surface area contributed by atoms with Crippen molar-refractivity contribution in [2.45, 2.75) is 37.5 Å². The van der Waals surface area contributed by atoms with Crippen molar-refractivity contribution in [2.24, 2.45) is 0 Å². The molecule has 3 heterocycles. The van der Waals surface area contributed by atoms with Crippen molar-refractivity contribution in [3.8, 4) is 0 Å². The van der Waals surface area contributed by atoms with Crippen LogP contribution < -0.4 is 10.9 Å². The fraction of sp³-hybridized carbons (Fsp3) is 0.280. The largest absolute Gasteiger partial charge is 0.343 e. The number of aromatic nitrogens is 3. The molecule has 0 bridgehead atoms. The lowest BCUT2D eigenvalue weighted by atomic mass is 9.97. The summed E-state index contributed by atoms with van der Waals surface area (Å²) in [5, 5.41) is 3.86. The zero-order chi connectivity index (χ0) is 22.6. The van der Waals surface area contributed by atoms with E-state index in [1.54, 1.807) is 17.5 Å². The molecular formula is C25H24N4O2S2. The second-order valence-electron chi connectivity index (χ2n) is 8.06. The lowest BCUT2D eigenvalue weighted by Gasteiger charge is -2.18. The van der Waals surface area contributed by atoms with Crippen molar-refractivity contribution in [1.29, 1.82) is 0 Å². The molecule has 0 saturated carbocycles. The maximum Gasteiger partial charge on any atom is 0.259 e. The van der Waals surface area contributed by atoms with Crippen LogP contribution in [0.3, 0.4) is 0 Å². The highest BCUT2D eigenvalue weighted by Gasteiger charge is 2.20. The molecule has 1 aliphatic carbocycles. The number of carbonyl (C=O) groups is 1. The van der Waals surface area contributed by atoms with Crippen molar-refractivity contribution >= 4 is 39.2 Å². The first-order valence-corrected chi connectivity index (χ1v) is 13.0. The van der Waals surface area contributed by atoms with Crippen LogP contribution in [0.25, 0.3) is 10.2 Å². The molecule has 0 saturated heterocycles. The highest BCUT2D eigenvalue weighted by atomic mass is 32.2. The number of benzene rings is 1. The summed E-state index contributed by atoms with van der Waals surface area (Å²) in [6.07, 6.45) is 6.05.